The van der Waals surface area contributed by atoms with Gasteiger partial charge in [-0.3, -0.25) is 4.79 Å². The maximum Gasteiger partial charge on any atom is 0.189 e. The van der Waals surface area contributed by atoms with Crippen LogP contribution >= 0.6 is 11.6 Å². The summed E-state index contributed by atoms with van der Waals surface area (Å²) >= 11 is 5.91. The van der Waals surface area contributed by atoms with E-state index in [1.807, 2.05) is 0 Å². The minimum absolute atomic E-state index is 0.0153. The molecule has 0 aliphatic rings. The van der Waals surface area contributed by atoms with Gasteiger partial charge >= 0.3 is 0 Å². The van der Waals surface area contributed by atoms with E-state index in [0.29, 0.717) is 5.56 Å². The Bertz CT molecular complexity index is 724. The lowest BCUT2D eigenvalue weighted by Crippen LogP contribution is -2.27. The molecule has 3 nitrogen and oxygen atoms in total. The first-order valence-corrected chi connectivity index (χ1v) is 7.94. The van der Waals surface area contributed by atoms with Gasteiger partial charge in [0.15, 0.2) is 15.6 Å². The van der Waals surface area contributed by atoms with Crippen LogP contribution in [-0.2, 0) is 9.84 Å². The number of sulfone groups is 1. The molecule has 1 atom stereocenters. The van der Waals surface area contributed by atoms with Crippen LogP contribution in [-0.4, -0.2) is 19.5 Å². The number of carbonyl (C=O) groups excluding carboxylic acids is 1. The second-order valence-corrected chi connectivity index (χ2v) is 6.99. The molecule has 5 heteroatoms. The number of halogens is 1. The molecular formula is C15H13ClO3S. The zero-order chi connectivity index (χ0) is 14.8. The van der Waals surface area contributed by atoms with Gasteiger partial charge in [0.2, 0.25) is 0 Å². The van der Waals surface area contributed by atoms with Crippen LogP contribution in [0.4, 0.5) is 0 Å². The molecule has 0 bridgehead atoms. The molecule has 0 aromatic heterocycles. The summed E-state index contributed by atoms with van der Waals surface area (Å²) in [4.78, 5) is 12.2. The molecule has 0 radical (unpaired) electrons. The molecule has 0 amide bonds. The lowest BCUT2D eigenvalue weighted by Gasteiger charge is -2.13. The lowest BCUT2D eigenvalue weighted by atomic mass is 10.1. The summed E-state index contributed by atoms with van der Waals surface area (Å²) < 4.78 is 24.9. The van der Waals surface area contributed by atoms with Crippen molar-refractivity contribution < 1.29 is 13.2 Å². The molecule has 2 aromatic rings. The monoisotopic (exact) mass is 308 g/mol. The van der Waals surface area contributed by atoms with Gasteiger partial charge in [0, 0.05) is 5.56 Å². The Morgan fingerprint density at radius 1 is 1.00 bits per heavy atom. The van der Waals surface area contributed by atoms with Crippen molar-refractivity contribution in [1.29, 1.82) is 0 Å². The molecule has 20 heavy (non-hydrogen) atoms. The predicted octanol–water partition coefficient (Wildman–Crippen LogP) is 3.39. The van der Waals surface area contributed by atoms with Crippen molar-refractivity contribution in [1.82, 2.24) is 0 Å². The first-order valence-electron chi connectivity index (χ1n) is 6.02. The first-order chi connectivity index (χ1) is 9.44. The Labute approximate surface area is 123 Å². The summed E-state index contributed by atoms with van der Waals surface area (Å²) in [7, 11) is -3.80. The average molecular weight is 309 g/mol. The third-order valence-corrected chi connectivity index (χ3v) is 5.59. The largest absolute Gasteiger partial charge is 0.293 e. The number of rotatable bonds is 4. The fourth-order valence-electron chi connectivity index (χ4n) is 1.84. The normalized spacial score (nSPS) is 12.9. The van der Waals surface area contributed by atoms with E-state index in [2.05, 4.69) is 0 Å². The Hall–Kier alpha value is -1.65. The highest BCUT2D eigenvalue weighted by Gasteiger charge is 2.31. The van der Waals surface area contributed by atoms with Gasteiger partial charge in [0.1, 0.15) is 5.25 Å². The molecule has 0 aliphatic heterocycles. The van der Waals surface area contributed by atoms with Gasteiger partial charge < -0.3 is 0 Å². The van der Waals surface area contributed by atoms with Crippen LogP contribution < -0.4 is 0 Å². The first kappa shape index (κ1) is 14.8. The molecule has 1 unspecified atom stereocenters. The zero-order valence-electron chi connectivity index (χ0n) is 10.8. The van der Waals surface area contributed by atoms with Gasteiger partial charge in [-0.1, -0.05) is 54.1 Å². The predicted molar refractivity (Wildman–Crippen MR) is 78.9 cm³/mol. The van der Waals surface area contributed by atoms with E-state index in [0.717, 1.165) is 0 Å². The quantitative estimate of drug-likeness (QED) is 0.814. The number of carbonyl (C=O) groups is 1. The topological polar surface area (TPSA) is 51.2 Å². The Morgan fingerprint density at radius 2 is 1.55 bits per heavy atom. The van der Waals surface area contributed by atoms with Gasteiger partial charge in [0.25, 0.3) is 0 Å². The van der Waals surface area contributed by atoms with Crippen molar-refractivity contribution in [2.75, 3.05) is 0 Å². The number of Topliss-reactive ketones (excluding diaryl/α,β-unsaturated/α-hetero) is 1. The molecule has 2 aromatic carbocycles. The third-order valence-electron chi connectivity index (χ3n) is 3.04. The Kier molecular flexibility index (Phi) is 4.26. The lowest BCUT2D eigenvalue weighted by molar-refractivity contribution is 0.0991. The average Bonchev–Trinajstić information content (AvgIpc) is 2.47. The number of hydrogen-bond donors (Lipinski definition) is 0. The van der Waals surface area contributed by atoms with Crippen LogP contribution in [0.2, 0.25) is 5.02 Å². The smallest absolute Gasteiger partial charge is 0.189 e. The van der Waals surface area contributed by atoms with Crippen LogP contribution in [0.5, 0.6) is 0 Å². The highest BCUT2D eigenvalue weighted by atomic mass is 35.5. The van der Waals surface area contributed by atoms with Gasteiger partial charge in [-0.15, -0.1) is 0 Å². The van der Waals surface area contributed by atoms with E-state index >= 15 is 0 Å². The SMILES string of the molecule is CC(C(=O)c1ccccc1)S(=O)(=O)c1ccccc1Cl. The molecule has 0 N–H and O–H groups in total. The van der Waals surface area contributed by atoms with E-state index in [1.54, 1.807) is 42.5 Å². The molecule has 0 fully saturated rings. The molecule has 0 aliphatic carbocycles. The highest BCUT2D eigenvalue weighted by molar-refractivity contribution is 7.93. The summed E-state index contributed by atoms with van der Waals surface area (Å²) in [6.45, 7) is 1.38. The molecular weight excluding hydrogens is 296 g/mol. The van der Waals surface area contributed by atoms with E-state index in [-0.39, 0.29) is 9.92 Å². The van der Waals surface area contributed by atoms with Gasteiger partial charge in [0.05, 0.1) is 9.92 Å². The number of ketones is 1. The van der Waals surface area contributed by atoms with E-state index in [9.17, 15) is 13.2 Å². The van der Waals surface area contributed by atoms with Crippen LogP contribution in [0.3, 0.4) is 0 Å². The van der Waals surface area contributed by atoms with Crippen LogP contribution in [0, 0.1) is 0 Å². The third kappa shape index (κ3) is 2.76. The molecule has 0 heterocycles. The Morgan fingerprint density at radius 3 is 2.15 bits per heavy atom. The fraction of sp³-hybridized carbons (Fsp3) is 0.133. The number of hydrogen-bond acceptors (Lipinski definition) is 3. The van der Waals surface area contributed by atoms with Crippen molar-refractivity contribution in [2.24, 2.45) is 0 Å². The second kappa shape index (κ2) is 5.77. The highest BCUT2D eigenvalue weighted by Crippen LogP contribution is 2.26. The molecule has 2 rings (SSSR count). The van der Waals surface area contributed by atoms with Crippen molar-refractivity contribution in [3.63, 3.8) is 0 Å². The van der Waals surface area contributed by atoms with E-state index < -0.39 is 20.9 Å². The minimum Gasteiger partial charge on any atom is -0.293 e. The molecule has 0 saturated heterocycles. The van der Waals surface area contributed by atoms with Crippen LogP contribution in [0.1, 0.15) is 17.3 Å². The number of benzene rings is 2. The molecule has 0 spiro atoms. The fourth-order valence-corrected chi connectivity index (χ4v) is 3.71. The maximum atomic E-state index is 12.5. The van der Waals surface area contributed by atoms with Crippen molar-refractivity contribution >= 4 is 27.2 Å². The summed E-state index contributed by atoms with van der Waals surface area (Å²) in [5.41, 5.74) is 0.371. The summed E-state index contributed by atoms with van der Waals surface area (Å²) in [5, 5.41) is -1.05. The van der Waals surface area contributed by atoms with E-state index in [1.165, 1.54) is 19.1 Å². The van der Waals surface area contributed by atoms with E-state index in [4.69, 9.17) is 11.6 Å². The van der Waals surface area contributed by atoms with Crippen molar-refractivity contribution in [3.8, 4) is 0 Å². The summed E-state index contributed by atoms with van der Waals surface area (Å²) in [5.74, 6) is -0.439. The minimum atomic E-state index is -3.80. The molecule has 0 saturated carbocycles. The van der Waals surface area contributed by atoms with Gasteiger partial charge in [-0.2, -0.15) is 0 Å². The molecule has 104 valence electrons. The second-order valence-electron chi connectivity index (χ2n) is 4.35. The van der Waals surface area contributed by atoms with Crippen LogP contribution in [0.15, 0.2) is 59.5 Å². The maximum absolute atomic E-state index is 12.5. The summed E-state index contributed by atoms with van der Waals surface area (Å²) in [6, 6.07) is 14.5. The van der Waals surface area contributed by atoms with Gasteiger partial charge in [-0.25, -0.2) is 8.42 Å². The zero-order valence-corrected chi connectivity index (χ0v) is 12.4. The summed E-state index contributed by atoms with van der Waals surface area (Å²) in [6.07, 6.45) is 0. The Balaban J connectivity index is 2.41. The van der Waals surface area contributed by atoms with Crippen molar-refractivity contribution in [2.45, 2.75) is 17.1 Å². The standard InChI is InChI=1S/C15H13ClO3S/c1-11(15(17)12-7-3-2-4-8-12)20(18,19)14-10-6-5-9-13(14)16/h2-11H,1H3. The van der Waals surface area contributed by atoms with Gasteiger partial charge in [-0.05, 0) is 19.1 Å². The van der Waals surface area contributed by atoms with Crippen molar-refractivity contribution in [3.05, 3.63) is 65.2 Å². The van der Waals surface area contributed by atoms with Crippen LogP contribution in [0.25, 0.3) is 0 Å².